The van der Waals surface area contributed by atoms with Crippen LogP contribution in [0, 0.1) is 24.0 Å². The fraction of sp³-hybridized carbons (Fsp3) is 0.167. The molecule has 2 aromatic carbocycles. The van der Waals surface area contributed by atoms with Gasteiger partial charge in [-0.15, -0.1) is 10.2 Å². The molecule has 8 heteroatoms. The molecule has 1 heterocycles. The Morgan fingerprint density at radius 2 is 1.92 bits per heavy atom. The number of carbonyl (C=O) groups excluding carboxylic acids is 1. The SMILES string of the molecule is Cc1ccccc1-c1nnc(SCC(=O)c2ccc(C)c([N+](=O)[O-])c2)o1. The number of carbonyl (C=O) groups is 1. The van der Waals surface area contributed by atoms with Crippen LogP contribution >= 0.6 is 11.8 Å². The lowest BCUT2D eigenvalue weighted by molar-refractivity contribution is -0.385. The molecule has 0 saturated heterocycles. The smallest absolute Gasteiger partial charge is 0.277 e. The van der Waals surface area contributed by atoms with Crippen molar-refractivity contribution in [2.45, 2.75) is 19.1 Å². The minimum Gasteiger partial charge on any atom is -0.411 e. The van der Waals surface area contributed by atoms with Gasteiger partial charge in [-0.3, -0.25) is 14.9 Å². The van der Waals surface area contributed by atoms with Crippen molar-refractivity contribution < 1.29 is 14.1 Å². The van der Waals surface area contributed by atoms with Crippen molar-refractivity contribution >= 4 is 23.2 Å². The van der Waals surface area contributed by atoms with Crippen LogP contribution in [0.3, 0.4) is 0 Å². The Hall–Kier alpha value is -3.00. The normalized spacial score (nSPS) is 10.7. The van der Waals surface area contributed by atoms with Crippen molar-refractivity contribution in [3.05, 3.63) is 69.3 Å². The average Bonchev–Trinajstić information content (AvgIpc) is 3.09. The van der Waals surface area contributed by atoms with Gasteiger partial charge in [0.1, 0.15) is 0 Å². The lowest BCUT2D eigenvalue weighted by Gasteiger charge is -2.02. The quantitative estimate of drug-likeness (QED) is 0.277. The molecule has 0 fully saturated rings. The number of hydrogen-bond donors (Lipinski definition) is 0. The third-order valence-corrected chi connectivity index (χ3v) is 4.65. The molecule has 0 N–H and O–H groups in total. The van der Waals surface area contributed by atoms with Crippen LogP contribution in [0.4, 0.5) is 5.69 Å². The molecule has 0 saturated carbocycles. The van der Waals surface area contributed by atoms with Gasteiger partial charge in [0.2, 0.25) is 5.89 Å². The Morgan fingerprint density at radius 1 is 1.15 bits per heavy atom. The van der Waals surface area contributed by atoms with Crippen LogP contribution in [0.15, 0.2) is 52.1 Å². The van der Waals surface area contributed by atoms with E-state index in [2.05, 4.69) is 10.2 Å². The van der Waals surface area contributed by atoms with Crippen molar-refractivity contribution in [3.63, 3.8) is 0 Å². The van der Waals surface area contributed by atoms with Crippen LogP contribution in [0.5, 0.6) is 0 Å². The maximum absolute atomic E-state index is 12.3. The van der Waals surface area contributed by atoms with E-state index in [1.54, 1.807) is 19.1 Å². The van der Waals surface area contributed by atoms with E-state index in [-0.39, 0.29) is 28.0 Å². The molecular weight excluding hydrogens is 354 g/mol. The third kappa shape index (κ3) is 3.80. The number of benzene rings is 2. The Morgan fingerprint density at radius 3 is 2.65 bits per heavy atom. The molecule has 0 aliphatic rings. The number of Topliss-reactive ketones (excluding diaryl/α,β-unsaturated/α-hetero) is 1. The summed E-state index contributed by atoms with van der Waals surface area (Å²) in [5.74, 6) is 0.202. The Balaban J connectivity index is 1.70. The number of thioether (sulfide) groups is 1. The summed E-state index contributed by atoms with van der Waals surface area (Å²) in [6.45, 7) is 3.58. The fourth-order valence-corrected chi connectivity index (χ4v) is 3.04. The summed E-state index contributed by atoms with van der Waals surface area (Å²) in [7, 11) is 0. The predicted molar refractivity (Wildman–Crippen MR) is 97.4 cm³/mol. The monoisotopic (exact) mass is 369 g/mol. The molecular formula is C18H15N3O4S. The second kappa shape index (κ2) is 7.49. The minimum absolute atomic E-state index is 0.0512. The number of aryl methyl sites for hydroxylation is 2. The molecule has 0 bridgehead atoms. The highest BCUT2D eigenvalue weighted by Gasteiger charge is 2.17. The molecule has 0 unspecified atom stereocenters. The second-order valence-electron chi connectivity index (χ2n) is 5.66. The van der Waals surface area contributed by atoms with Crippen LogP contribution in [0.1, 0.15) is 21.5 Å². The summed E-state index contributed by atoms with van der Waals surface area (Å²) >= 11 is 1.10. The van der Waals surface area contributed by atoms with Crippen molar-refractivity contribution in [1.29, 1.82) is 0 Å². The highest BCUT2D eigenvalue weighted by atomic mass is 32.2. The van der Waals surface area contributed by atoms with Gasteiger partial charge in [0, 0.05) is 22.8 Å². The van der Waals surface area contributed by atoms with E-state index in [1.165, 1.54) is 6.07 Å². The molecule has 0 atom stereocenters. The molecule has 3 rings (SSSR count). The van der Waals surface area contributed by atoms with Crippen molar-refractivity contribution in [1.82, 2.24) is 10.2 Å². The van der Waals surface area contributed by atoms with Gasteiger partial charge in [-0.2, -0.15) is 0 Å². The van der Waals surface area contributed by atoms with Gasteiger partial charge < -0.3 is 4.42 Å². The Labute approximate surface area is 153 Å². The van der Waals surface area contributed by atoms with Crippen LogP contribution in [0.25, 0.3) is 11.5 Å². The third-order valence-electron chi connectivity index (χ3n) is 3.84. The molecule has 132 valence electrons. The number of hydrogen-bond acceptors (Lipinski definition) is 7. The van der Waals surface area contributed by atoms with E-state index in [4.69, 9.17) is 4.42 Å². The van der Waals surface area contributed by atoms with Crippen molar-refractivity contribution in [3.8, 4) is 11.5 Å². The summed E-state index contributed by atoms with van der Waals surface area (Å²) in [5.41, 5.74) is 2.58. The van der Waals surface area contributed by atoms with Gasteiger partial charge in [-0.05, 0) is 25.5 Å². The molecule has 0 aliphatic carbocycles. The lowest BCUT2D eigenvalue weighted by Crippen LogP contribution is -2.04. The molecule has 0 spiro atoms. The molecule has 26 heavy (non-hydrogen) atoms. The van der Waals surface area contributed by atoms with Crippen LogP contribution in [-0.4, -0.2) is 26.7 Å². The van der Waals surface area contributed by atoms with Crippen LogP contribution < -0.4 is 0 Å². The van der Waals surface area contributed by atoms with Crippen LogP contribution in [-0.2, 0) is 0 Å². The molecule has 3 aromatic rings. The van der Waals surface area contributed by atoms with Crippen LogP contribution in [0.2, 0.25) is 0 Å². The van der Waals surface area contributed by atoms with E-state index in [9.17, 15) is 14.9 Å². The van der Waals surface area contributed by atoms with Gasteiger partial charge in [0.25, 0.3) is 10.9 Å². The van der Waals surface area contributed by atoms with Gasteiger partial charge in [0.15, 0.2) is 5.78 Å². The lowest BCUT2D eigenvalue weighted by atomic mass is 10.1. The Bertz CT molecular complexity index is 984. The first kappa shape index (κ1) is 17.8. The first-order chi connectivity index (χ1) is 12.5. The van der Waals surface area contributed by atoms with Gasteiger partial charge in [0.05, 0.1) is 10.7 Å². The van der Waals surface area contributed by atoms with Gasteiger partial charge >= 0.3 is 0 Å². The van der Waals surface area contributed by atoms with E-state index in [0.717, 1.165) is 22.9 Å². The summed E-state index contributed by atoms with van der Waals surface area (Å²) in [5, 5.41) is 19.2. The first-order valence-electron chi connectivity index (χ1n) is 7.76. The first-order valence-corrected chi connectivity index (χ1v) is 8.75. The molecule has 1 aromatic heterocycles. The molecule has 0 aliphatic heterocycles. The zero-order valence-electron chi connectivity index (χ0n) is 14.1. The molecule has 7 nitrogen and oxygen atoms in total. The number of ketones is 1. The van der Waals surface area contributed by atoms with E-state index in [1.807, 2.05) is 31.2 Å². The topological polar surface area (TPSA) is 99.1 Å². The summed E-state index contributed by atoms with van der Waals surface area (Å²) in [6.07, 6.45) is 0. The molecule has 0 radical (unpaired) electrons. The zero-order valence-corrected chi connectivity index (χ0v) is 14.9. The maximum atomic E-state index is 12.3. The molecule has 0 amide bonds. The van der Waals surface area contributed by atoms with Gasteiger partial charge in [-0.1, -0.05) is 42.1 Å². The average molecular weight is 369 g/mol. The number of rotatable bonds is 6. The van der Waals surface area contributed by atoms with E-state index in [0.29, 0.717) is 11.5 Å². The van der Waals surface area contributed by atoms with Crippen molar-refractivity contribution in [2.24, 2.45) is 0 Å². The largest absolute Gasteiger partial charge is 0.411 e. The Kier molecular flexibility index (Phi) is 5.13. The van der Waals surface area contributed by atoms with E-state index < -0.39 is 4.92 Å². The maximum Gasteiger partial charge on any atom is 0.277 e. The highest BCUT2D eigenvalue weighted by molar-refractivity contribution is 7.99. The highest BCUT2D eigenvalue weighted by Crippen LogP contribution is 2.26. The minimum atomic E-state index is -0.494. The number of nitrogens with zero attached hydrogens (tertiary/aromatic N) is 3. The number of nitro groups is 1. The summed E-state index contributed by atoms with van der Waals surface area (Å²) in [4.78, 5) is 22.8. The van der Waals surface area contributed by atoms with Crippen molar-refractivity contribution in [2.75, 3.05) is 5.75 Å². The number of aromatic nitrogens is 2. The fourth-order valence-electron chi connectivity index (χ4n) is 2.38. The summed E-state index contributed by atoms with van der Waals surface area (Å²) < 4.78 is 5.60. The zero-order chi connectivity index (χ0) is 18.7. The second-order valence-corrected chi connectivity index (χ2v) is 6.58. The summed E-state index contributed by atoms with van der Waals surface area (Å²) in [6, 6.07) is 12.1. The standard InChI is InChI=1S/C18H15N3O4S/c1-11-5-3-4-6-14(11)17-19-20-18(25-17)26-10-16(22)13-8-7-12(2)15(9-13)21(23)24/h3-9H,10H2,1-2H3. The van der Waals surface area contributed by atoms with E-state index >= 15 is 0 Å². The van der Waals surface area contributed by atoms with Gasteiger partial charge in [-0.25, -0.2) is 0 Å². The predicted octanol–water partition coefficient (Wildman–Crippen LogP) is 4.24. The number of nitro benzene ring substituents is 1.